The second-order valence-electron chi connectivity index (χ2n) is 5.59. The molecule has 0 spiro atoms. The van der Waals surface area contributed by atoms with Gasteiger partial charge in [0.1, 0.15) is 0 Å². The second kappa shape index (κ2) is 2.96. The summed E-state index contributed by atoms with van der Waals surface area (Å²) in [6, 6.07) is 0. The van der Waals surface area contributed by atoms with Gasteiger partial charge in [0.05, 0.1) is 0 Å². The zero-order valence-electron chi connectivity index (χ0n) is 9.19. The Morgan fingerprint density at radius 2 is 1.92 bits per heavy atom. The summed E-state index contributed by atoms with van der Waals surface area (Å²) < 4.78 is 0. The van der Waals surface area contributed by atoms with Crippen LogP contribution in [0.5, 0.6) is 0 Å². The van der Waals surface area contributed by atoms with E-state index in [0.717, 1.165) is 0 Å². The molecule has 0 amide bonds. The summed E-state index contributed by atoms with van der Waals surface area (Å²) >= 11 is 0. The third-order valence-electron chi connectivity index (χ3n) is 3.99. The van der Waals surface area contributed by atoms with E-state index in [1.54, 1.807) is 0 Å². The molecule has 1 saturated carbocycles. The van der Waals surface area contributed by atoms with E-state index in [9.17, 15) is 0 Å². The summed E-state index contributed by atoms with van der Waals surface area (Å²) in [5.41, 5.74) is 1.08. The molecule has 0 aromatic rings. The quantitative estimate of drug-likeness (QED) is 0.711. The van der Waals surface area contributed by atoms with Gasteiger partial charge in [0.25, 0.3) is 0 Å². The Balaban J connectivity index is 1.91. The molecule has 13 heavy (non-hydrogen) atoms. The second-order valence-corrected chi connectivity index (χ2v) is 5.59. The lowest BCUT2D eigenvalue weighted by atomic mass is 9.97. The van der Waals surface area contributed by atoms with E-state index in [-0.39, 0.29) is 0 Å². The van der Waals surface area contributed by atoms with Crippen LogP contribution in [0.4, 0.5) is 0 Å². The van der Waals surface area contributed by atoms with Gasteiger partial charge in [-0.15, -0.1) is 0 Å². The van der Waals surface area contributed by atoms with Crippen molar-refractivity contribution in [1.29, 1.82) is 0 Å². The van der Waals surface area contributed by atoms with Gasteiger partial charge in [-0.2, -0.15) is 0 Å². The van der Waals surface area contributed by atoms with Crippen molar-refractivity contribution in [3.63, 3.8) is 0 Å². The minimum absolute atomic E-state index is 0.422. The van der Waals surface area contributed by atoms with Gasteiger partial charge in [0, 0.05) is 18.6 Å². The Morgan fingerprint density at radius 3 is 2.38 bits per heavy atom. The molecule has 1 aliphatic carbocycles. The fraction of sp³-hybridized carbons (Fsp3) is 1.00. The minimum atomic E-state index is 0.422. The van der Waals surface area contributed by atoms with Crippen molar-refractivity contribution in [2.75, 3.05) is 26.7 Å². The van der Waals surface area contributed by atoms with Crippen LogP contribution in [0, 0.1) is 5.41 Å². The van der Waals surface area contributed by atoms with Crippen molar-refractivity contribution in [2.45, 2.75) is 38.6 Å². The molecule has 0 aromatic carbocycles. The largest absolute Gasteiger partial charge is 0.315 e. The number of nitrogens with zero attached hydrogens (tertiary/aromatic N) is 1. The lowest BCUT2D eigenvalue weighted by Gasteiger charge is -2.36. The summed E-state index contributed by atoms with van der Waals surface area (Å²) in [5, 5.41) is 3.46. The van der Waals surface area contributed by atoms with Crippen LogP contribution in [0.1, 0.15) is 33.1 Å². The third-order valence-corrected chi connectivity index (χ3v) is 3.99. The van der Waals surface area contributed by atoms with Gasteiger partial charge in [0.15, 0.2) is 0 Å². The highest BCUT2D eigenvalue weighted by atomic mass is 15.2. The van der Waals surface area contributed by atoms with Crippen molar-refractivity contribution in [3.8, 4) is 0 Å². The van der Waals surface area contributed by atoms with Gasteiger partial charge in [-0.25, -0.2) is 0 Å². The zero-order valence-corrected chi connectivity index (χ0v) is 9.19. The van der Waals surface area contributed by atoms with E-state index < -0.39 is 0 Å². The molecule has 1 aliphatic heterocycles. The summed E-state index contributed by atoms with van der Waals surface area (Å²) in [6.07, 6.45) is 4.17. The predicted octanol–water partition coefficient (Wildman–Crippen LogP) is 1.47. The molecule has 2 rings (SSSR count). The van der Waals surface area contributed by atoms with Gasteiger partial charge in [-0.05, 0) is 45.2 Å². The minimum Gasteiger partial charge on any atom is -0.315 e. The van der Waals surface area contributed by atoms with Crippen LogP contribution >= 0.6 is 0 Å². The molecule has 0 bridgehead atoms. The zero-order chi connectivity index (χ0) is 9.53. The maximum Gasteiger partial charge on any atom is 0.0315 e. The molecule has 2 heteroatoms. The highest BCUT2D eigenvalue weighted by Gasteiger charge is 2.42. The lowest BCUT2D eigenvalue weighted by molar-refractivity contribution is 0.130. The molecule has 0 aromatic heterocycles. The van der Waals surface area contributed by atoms with Gasteiger partial charge in [-0.3, -0.25) is 4.90 Å². The normalized spacial score (nSPS) is 36.9. The first kappa shape index (κ1) is 9.47. The summed E-state index contributed by atoms with van der Waals surface area (Å²) in [4.78, 5) is 2.57. The molecule has 2 aliphatic rings. The Hall–Kier alpha value is -0.0800. The fourth-order valence-electron chi connectivity index (χ4n) is 2.26. The van der Waals surface area contributed by atoms with E-state index in [1.807, 2.05) is 0 Å². The highest BCUT2D eigenvalue weighted by Crippen LogP contribution is 2.46. The van der Waals surface area contributed by atoms with Gasteiger partial charge < -0.3 is 5.32 Å². The average molecular weight is 182 g/mol. The Morgan fingerprint density at radius 1 is 1.23 bits per heavy atom. The molecular weight excluding hydrogens is 160 g/mol. The SMILES string of the molecule is CN(CC1(C)CC1)C1(C)CCNC1. The maximum absolute atomic E-state index is 3.46. The third kappa shape index (κ3) is 1.89. The summed E-state index contributed by atoms with van der Waals surface area (Å²) in [5.74, 6) is 0. The van der Waals surface area contributed by atoms with Crippen LogP contribution in [0.25, 0.3) is 0 Å². The number of rotatable bonds is 3. The standard InChI is InChI=1S/C11H22N2/c1-10(4-5-10)9-13(3)11(2)6-7-12-8-11/h12H,4-9H2,1-3H3. The van der Waals surface area contributed by atoms with Gasteiger partial charge in [-0.1, -0.05) is 6.92 Å². The van der Waals surface area contributed by atoms with E-state index >= 15 is 0 Å². The molecular formula is C11H22N2. The number of likely N-dealkylation sites (N-methyl/N-ethyl adjacent to an activating group) is 1. The summed E-state index contributed by atoms with van der Waals surface area (Å²) in [6.45, 7) is 8.44. The predicted molar refractivity (Wildman–Crippen MR) is 55.9 cm³/mol. The van der Waals surface area contributed by atoms with E-state index in [0.29, 0.717) is 11.0 Å². The van der Waals surface area contributed by atoms with Crippen LogP contribution in [0.2, 0.25) is 0 Å². The van der Waals surface area contributed by atoms with Crippen molar-refractivity contribution in [3.05, 3.63) is 0 Å². The average Bonchev–Trinajstić information content (AvgIpc) is 2.63. The molecule has 2 nitrogen and oxygen atoms in total. The first-order chi connectivity index (χ1) is 6.04. The van der Waals surface area contributed by atoms with Crippen molar-refractivity contribution < 1.29 is 0 Å². The van der Waals surface area contributed by atoms with Crippen LogP contribution in [0.3, 0.4) is 0 Å². The Labute approximate surface area is 81.7 Å². The van der Waals surface area contributed by atoms with Gasteiger partial charge >= 0.3 is 0 Å². The smallest absolute Gasteiger partial charge is 0.0315 e. The van der Waals surface area contributed by atoms with E-state index in [2.05, 4.69) is 31.1 Å². The van der Waals surface area contributed by atoms with Crippen LogP contribution in [0.15, 0.2) is 0 Å². The van der Waals surface area contributed by atoms with Crippen LogP contribution < -0.4 is 5.32 Å². The Kier molecular flexibility index (Phi) is 2.16. The first-order valence-electron chi connectivity index (χ1n) is 5.46. The van der Waals surface area contributed by atoms with Crippen LogP contribution in [-0.4, -0.2) is 37.1 Å². The molecule has 0 radical (unpaired) electrons. The molecule has 76 valence electrons. The van der Waals surface area contributed by atoms with Crippen molar-refractivity contribution in [1.82, 2.24) is 10.2 Å². The first-order valence-corrected chi connectivity index (χ1v) is 5.46. The molecule has 1 unspecified atom stereocenters. The maximum atomic E-state index is 3.46. The van der Waals surface area contributed by atoms with E-state index in [4.69, 9.17) is 0 Å². The van der Waals surface area contributed by atoms with Gasteiger partial charge in [0.2, 0.25) is 0 Å². The Bertz CT molecular complexity index is 190. The fourth-order valence-corrected chi connectivity index (χ4v) is 2.26. The molecule has 1 heterocycles. The van der Waals surface area contributed by atoms with Crippen LogP contribution in [-0.2, 0) is 0 Å². The molecule has 1 saturated heterocycles. The highest BCUT2D eigenvalue weighted by molar-refractivity contribution is 4.98. The summed E-state index contributed by atoms with van der Waals surface area (Å²) in [7, 11) is 2.29. The van der Waals surface area contributed by atoms with Crippen molar-refractivity contribution in [2.24, 2.45) is 5.41 Å². The lowest BCUT2D eigenvalue weighted by Crippen LogP contribution is -2.47. The van der Waals surface area contributed by atoms with E-state index in [1.165, 1.54) is 38.9 Å². The molecule has 1 atom stereocenters. The number of nitrogens with one attached hydrogen (secondary N) is 1. The number of hydrogen-bond acceptors (Lipinski definition) is 2. The molecule has 2 fully saturated rings. The topological polar surface area (TPSA) is 15.3 Å². The monoisotopic (exact) mass is 182 g/mol. The molecule has 1 N–H and O–H groups in total. The number of hydrogen-bond donors (Lipinski definition) is 1. The van der Waals surface area contributed by atoms with Crippen molar-refractivity contribution >= 4 is 0 Å².